The van der Waals surface area contributed by atoms with Gasteiger partial charge in [-0.15, -0.1) is 0 Å². The minimum absolute atomic E-state index is 0.276. The monoisotopic (exact) mass is 359 g/mol. The van der Waals surface area contributed by atoms with Gasteiger partial charge in [-0.05, 0) is 36.3 Å². The van der Waals surface area contributed by atoms with Crippen molar-refractivity contribution in [2.24, 2.45) is 4.99 Å². The van der Waals surface area contributed by atoms with Gasteiger partial charge in [0.25, 0.3) is 0 Å². The van der Waals surface area contributed by atoms with E-state index >= 15 is 0 Å². The zero-order valence-corrected chi connectivity index (χ0v) is 15.8. The van der Waals surface area contributed by atoms with E-state index in [1.165, 1.54) is 15.9 Å². The lowest BCUT2D eigenvalue weighted by Crippen LogP contribution is -2.25. The van der Waals surface area contributed by atoms with E-state index in [1.54, 1.807) is 0 Å². The van der Waals surface area contributed by atoms with Crippen LogP contribution in [-0.2, 0) is 4.74 Å². The summed E-state index contributed by atoms with van der Waals surface area (Å²) in [5.41, 5.74) is 1.13. The summed E-state index contributed by atoms with van der Waals surface area (Å²) < 4.78 is 5.97. The highest BCUT2D eigenvalue weighted by Crippen LogP contribution is 2.34. The number of rotatable bonds is 5. The van der Waals surface area contributed by atoms with Crippen LogP contribution in [0.5, 0.6) is 0 Å². The Bertz CT molecular complexity index is 853. The number of ether oxygens (including phenoxy) is 1. The van der Waals surface area contributed by atoms with Crippen LogP contribution < -0.4 is 15.9 Å². The molecule has 1 unspecified atom stereocenters. The van der Waals surface area contributed by atoms with Gasteiger partial charge in [0.1, 0.15) is 6.61 Å². The Morgan fingerprint density at radius 3 is 2.00 bits per heavy atom. The van der Waals surface area contributed by atoms with Crippen LogP contribution in [0.1, 0.15) is 18.9 Å². The molecule has 0 amide bonds. The SMILES string of the molecule is CCC1COC(c2ccccc2P(c2ccccc2)c2ccccc2)=N1. The van der Waals surface area contributed by atoms with Crippen LogP contribution in [0, 0.1) is 0 Å². The highest BCUT2D eigenvalue weighted by atomic mass is 31.1. The van der Waals surface area contributed by atoms with E-state index in [1.807, 2.05) is 0 Å². The summed E-state index contributed by atoms with van der Waals surface area (Å²) in [5, 5.41) is 3.98. The van der Waals surface area contributed by atoms with E-state index in [0.29, 0.717) is 6.61 Å². The lowest BCUT2D eigenvalue weighted by Gasteiger charge is -2.22. The summed E-state index contributed by atoms with van der Waals surface area (Å²) in [5.74, 6) is 0.798. The average molecular weight is 359 g/mol. The molecule has 3 aromatic carbocycles. The second-order valence-corrected chi connectivity index (χ2v) is 8.52. The molecule has 0 bridgehead atoms. The van der Waals surface area contributed by atoms with Crippen LogP contribution in [0.4, 0.5) is 0 Å². The van der Waals surface area contributed by atoms with Gasteiger partial charge in [-0.3, -0.25) is 0 Å². The fraction of sp³-hybridized carbons (Fsp3) is 0.174. The van der Waals surface area contributed by atoms with Crippen LogP contribution in [0.3, 0.4) is 0 Å². The van der Waals surface area contributed by atoms with E-state index < -0.39 is 7.92 Å². The summed E-state index contributed by atoms with van der Waals surface area (Å²) in [4.78, 5) is 4.81. The maximum absolute atomic E-state index is 5.97. The van der Waals surface area contributed by atoms with Crippen molar-refractivity contribution in [2.75, 3.05) is 6.61 Å². The van der Waals surface area contributed by atoms with Gasteiger partial charge in [0.15, 0.2) is 0 Å². The highest BCUT2D eigenvalue weighted by molar-refractivity contribution is 7.80. The zero-order valence-electron chi connectivity index (χ0n) is 14.9. The van der Waals surface area contributed by atoms with Gasteiger partial charge in [0.05, 0.1) is 6.04 Å². The van der Waals surface area contributed by atoms with Crippen LogP contribution in [0.2, 0.25) is 0 Å². The molecule has 1 aliphatic heterocycles. The number of benzene rings is 3. The van der Waals surface area contributed by atoms with Gasteiger partial charge < -0.3 is 4.74 Å². The predicted octanol–water partition coefficient (Wildman–Crippen LogP) is 4.00. The van der Waals surface area contributed by atoms with Crippen LogP contribution in [0.15, 0.2) is 89.9 Å². The lowest BCUT2D eigenvalue weighted by molar-refractivity contribution is 0.315. The van der Waals surface area contributed by atoms with Gasteiger partial charge in [0, 0.05) is 5.56 Å². The molecule has 1 aliphatic rings. The zero-order chi connectivity index (χ0) is 17.8. The van der Waals surface area contributed by atoms with E-state index in [0.717, 1.165) is 17.9 Å². The lowest BCUT2D eigenvalue weighted by atomic mass is 10.2. The van der Waals surface area contributed by atoms with Crippen LogP contribution in [-0.4, -0.2) is 18.5 Å². The number of aliphatic imine (C=N–C) groups is 1. The molecule has 1 atom stereocenters. The van der Waals surface area contributed by atoms with E-state index in [-0.39, 0.29) is 6.04 Å². The Labute approximate surface area is 156 Å². The molecule has 2 nitrogen and oxygen atoms in total. The predicted molar refractivity (Wildman–Crippen MR) is 112 cm³/mol. The fourth-order valence-electron chi connectivity index (χ4n) is 3.20. The molecule has 0 saturated carbocycles. The van der Waals surface area contributed by atoms with Crippen molar-refractivity contribution in [3.63, 3.8) is 0 Å². The second-order valence-electron chi connectivity index (χ2n) is 6.33. The van der Waals surface area contributed by atoms with E-state index in [4.69, 9.17) is 9.73 Å². The molecular formula is C23H22NOP. The van der Waals surface area contributed by atoms with Crippen LogP contribution >= 0.6 is 7.92 Å². The third-order valence-corrected chi connectivity index (χ3v) is 7.09. The van der Waals surface area contributed by atoms with E-state index in [9.17, 15) is 0 Å². The summed E-state index contributed by atoms with van der Waals surface area (Å²) in [6, 6.07) is 30.4. The minimum atomic E-state index is -0.662. The summed E-state index contributed by atoms with van der Waals surface area (Å²) >= 11 is 0. The first-order valence-electron chi connectivity index (χ1n) is 9.07. The molecular weight excluding hydrogens is 337 g/mol. The maximum Gasteiger partial charge on any atom is 0.217 e. The van der Waals surface area contributed by atoms with E-state index in [2.05, 4.69) is 91.9 Å². The molecule has 3 aromatic rings. The molecule has 1 heterocycles. The molecule has 0 fully saturated rings. The Hall–Kier alpha value is -2.44. The van der Waals surface area contributed by atoms with Crippen molar-refractivity contribution in [2.45, 2.75) is 19.4 Å². The molecule has 0 N–H and O–H groups in total. The summed E-state index contributed by atoms with van der Waals surface area (Å²) in [7, 11) is -0.662. The number of hydrogen-bond donors (Lipinski definition) is 0. The third-order valence-electron chi connectivity index (χ3n) is 4.59. The topological polar surface area (TPSA) is 21.6 Å². The van der Waals surface area contributed by atoms with Crippen molar-refractivity contribution in [1.82, 2.24) is 0 Å². The van der Waals surface area contributed by atoms with Gasteiger partial charge >= 0.3 is 0 Å². The quantitative estimate of drug-likeness (QED) is 0.631. The molecule has 26 heavy (non-hydrogen) atoms. The standard InChI is InChI=1S/C23H22NOP/c1-2-18-17-25-23(24-18)21-15-9-10-16-22(21)26(19-11-5-3-6-12-19)20-13-7-4-8-14-20/h3-16,18H,2,17H2,1H3. The Balaban J connectivity index is 1.85. The molecule has 130 valence electrons. The van der Waals surface area contributed by atoms with Gasteiger partial charge in [0.2, 0.25) is 5.90 Å². The highest BCUT2D eigenvalue weighted by Gasteiger charge is 2.25. The van der Waals surface area contributed by atoms with Gasteiger partial charge in [-0.1, -0.05) is 85.8 Å². The average Bonchev–Trinajstić information content (AvgIpc) is 3.19. The summed E-state index contributed by atoms with van der Waals surface area (Å²) in [6.45, 7) is 2.85. The first-order chi connectivity index (χ1) is 12.9. The second kappa shape index (κ2) is 7.85. The number of nitrogens with zero attached hydrogens (tertiary/aromatic N) is 1. The Morgan fingerprint density at radius 2 is 1.42 bits per heavy atom. The van der Waals surface area contributed by atoms with Crippen molar-refractivity contribution >= 4 is 29.7 Å². The van der Waals surface area contributed by atoms with Crippen molar-refractivity contribution in [3.05, 3.63) is 90.5 Å². The van der Waals surface area contributed by atoms with Gasteiger partial charge in [-0.25, -0.2) is 4.99 Å². The molecule has 3 heteroatoms. The third kappa shape index (κ3) is 3.43. The first kappa shape index (κ1) is 17.0. The Morgan fingerprint density at radius 1 is 0.846 bits per heavy atom. The van der Waals surface area contributed by atoms with Crippen molar-refractivity contribution < 1.29 is 4.74 Å². The smallest absolute Gasteiger partial charge is 0.217 e. The van der Waals surface area contributed by atoms with Gasteiger partial charge in [-0.2, -0.15) is 0 Å². The molecule has 4 rings (SSSR count). The first-order valence-corrected chi connectivity index (χ1v) is 10.4. The van der Waals surface area contributed by atoms with Crippen molar-refractivity contribution in [1.29, 1.82) is 0 Å². The molecule has 0 radical (unpaired) electrons. The summed E-state index contributed by atoms with van der Waals surface area (Å²) in [6.07, 6.45) is 1.01. The largest absolute Gasteiger partial charge is 0.475 e. The molecule has 0 aromatic heterocycles. The normalized spacial score (nSPS) is 16.4. The minimum Gasteiger partial charge on any atom is -0.475 e. The molecule has 0 spiro atoms. The molecule has 0 aliphatic carbocycles. The molecule has 0 saturated heterocycles. The fourth-order valence-corrected chi connectivity index (χ4v) is 5.64. The Kier molecular flexibility index (Phi) is 5.13. The number of hydrogen-bond acceptors (Lipinski definition) is 2. The van der Waals surface area contributed by atoms with Crippen LogP contribution in [0.25, 0.3) is 0 Å². The van der Waals surface area contributed by atoms with Crippen molar-refractivity contribution in [3.8, 4) is 0 Å². The maximum atomic E-state index is 5.97.